The van der Waals surface area contributed by atoms with Crippen LogP contribution in [0.5, 0.6) is 0 Å². The summed E-state index contributed by atoms with van der Waals surface area (Å²) >= 11 is 0. The van der Waals surface area contributed by atoms with E-state index < -0.39 is 5.97 Å². The van der Waals surface area contributed by atoms with Gasteiger partial charge in [0.2, 0.25) is 0 Å². The Balaban J connectivity index is 3.08. The van der Waals surface area contributed by atoms with Gasteiger partial charge in [0.15, 0.2) is 0 Å². The maximum absolute atomic E-state index is 11.5. The molecule has 0 unspecified atom stereocenters. The second-order valence-electron chi connectivity index (χ2n) is 5.97. The molecule has 1 aromatic carbocycles. The molecule has 4 nitrogen and oxygen atoms in total. The Morgan fingerprint density at radius 3 is 2.40 bits per heavy atom. The van der Waals surface area contributed by atoms with Gasteiger partial charge in [-0.1, -0.05) is 25.5 Å². The minimum atomic E-state index is -0.859. The zero-order valence-corrected chi connectivity index (χ0v) is 13.2. The third-order valence-electron chi connectivity index (χ3n) is 3.13. The van der Waals surface area contributed by atoms with E-state index in [4.69, 9.17) is 0 Å². The zero-order chi connectivity index (χ0) is 15.3. The summed E-state index contributed by atoms with van der Waals surface area (Å²) in [6, 6.07) is 5.65. The van der Waals surface area contributed by atoms with Crippen molar-refractivity contribution in [1.29, 1.82) is 0 Å². The quantitative estimate of drug-likeness (QED) is 0.833. The minimum Gasteiger partial charge on any atom is -0.478 e. The van der Waals surface area contributed by atoms with E-state index >= 15 is 0 Å². The van der Waals surface area contributed by atoms with Gasteiger partial charge in [0, 0.05) is 19.6 Å². The van der Waals surface area contributed by atoms with Gasteiger partial charge in [-0.15, -0.1) is 0 Å². The molecule has 0 saturated carbocycles. The third-order valence-corrected chi connectivity index (χ3v) is 3.13. The normalized spacial score (nSPS) is 11.2. The molecule has 0 atom stereocenters. The number of hydrogen-bond acceptors (Lipinski definition) is 3. The van der Waals surface area contributed by atoms with Crippen LogP contribution in [0.3, 0.4) is 0 Å². The average Bonchev–Trinajstić information content (AvgIpc) is 2.33. The van der Waals surface area contributed by atoms with Crippen LogP contribution in [-0.4, -0.2) is 49.7 Å². The highest BCUT2D eigenvalue weighted by Gasteiger charge is 2.17. The van der Waals surface area contributed by atoms with Crippen LogP contribution in [0.25, 0.3) is 0 Å². The number of carboxylic acid groups (broad SMARTS) is 1. The van der Waals surface area contributed by atoms with Crippen molar-refractivity contribution in [2.75, 3.05) is 38.6 Å². The minimum absolute atomic E-state index is 0.393. The predicted octanol–water partition coefficient (Wildman–Crippen LogP) is 2.72. The molecule has 20 heavy (non-hydrogen) atoms. The largest absolute Gasteiger partial charge is 0.478 e. The van der Waals surface area contributed by atoms with Crippen molar-refractivity contribution in [2.24, 2.45) is 5.92 Å². The highest BCUT2D eigenvalue weighted by Crippen LogP contribution is 2.23. The molecule has 1 rings (SSSR count). The van der Waals surface area contributed by atoms with Gasteiger partial charge < -0.3 is 14.9 Å². The molecular weight excluding hydrogens is 252 g/mol. The summed E-state index contributed by atoms with van der Waals surface area (Å²) < 4.78 is 0. The monoisotopic (exact) mass is 278 g/mol. The van der Waals surface area contributed by atoms with Crippen LogP contribution in [0, 0.1) is 12.8 Å². The van der Waals surface area contributed by atoms with Crippen LogP contribution in [0.4, 0.5) is 5.69 Å². The van der Waals surface area contributed by atoms with Crippen molar-refractivity contribution in [3.63, 3.8) is 0 Å². The summed E-state index contributed by atoms with van der Waals surface area (Å²) in [5, 5.41) is 9.41. The number of hydrogen-bond donors (Lipinski definition) is 1. The van der Waals surface area contributed by atoms with Crippen molar-refractivity contribution >= 4 is 11.7 Å². The molecule has 112 valence electrons. The molecule has 0 aliphatic rings. The van der Waals surface area contributed by atoms with Gasteiger partial charge in [0.25, 0.3) is 0 Å². The molecular formula is C16H26N2O2. The van der Waals surface area contributed by atoms with Crippen LogP contribution < -0.4 is 4.90 Å². The van der Waals surface area contributed by atoms with E-state index in [0.29, 0.717) is 11.5 Å². The van der Waals surface area contributed by atoms with Gasteiger partial charge in [-0.2, -0.15) is 0 Å². The Hall–Kier alpha value is -1.55. The second kappa shape index (κ2) is 7.29. The first-order valence-electron chi connectivity index (χ1n) is 7.05. The number of likely N-dealkylation sites (N-methyl/N-ethyl adjacent to an activating group) is 1. The molecule has 1 aromatic rings. The van der Waals surface area contributed by atoms with Crippen molar-refractivity contribution in [2.45, 2.75) is 20.8 Å². The SMILES string of the molecule is Cc1ccc(N(CCN(C)C)CC(C)C)c(C(=O)O)c1. The van der Waals surface area contributed by atoms with Crippen molar-refractivity contribution in [3.05, 3.63) is 29.3 Å². The standard InChI is InChI=1S/C16H26N2O2/c1-12(2)11-18(9-8-17(4)5)15-7-6-13(3)10-14(15)16(19)20/h6-7,10,12H,8-9,11H2,1-5H3,(H,19,20). The van der Waals surface area contributed by atoms with Gasteiger partial charge in [-0.05, 0) is 39.1 Å². The van der Waals surface area contributed by atoms with Crippen LogP contribution in [0.15, 0.2) is 18.2 Å². The lowest BCUT2D eigenvalue weighted by molar-refractivity contribution is 0.0697. The molecule has 0 aliphatic carbocycles. The van der Waals surface area contributed by atoms with Gasteiger partial charge in [-0.3, -0.25) is 0 Å². The molecule has 0 saturated heterocycles. The Kier molecular flexibility index (Phi) is 6.02. The third kappa shape index (κ3) is 4.85. The fraction of sp³-hybridized carbons (Fsp3) is 0.562. The Morgan fingerprint density at radius 1 is 1.25 bits per heavy atom. The Bertz CT molecular complexity index is 456. The van der Waals surface area contributed by atoms with E-state index in [1.807, 2.05) is 33.2 Å². The molecule has 0 aliphatic heterocycles. The summed E-state index contributed by atoms with van der Waals surface area (Å²) in [7, 11) is 4.06. The molecule has 4 heteroatoms. The molecule has 0 radical (unpaired) electrons. The topological polar surface area (TPSA) is 43.8 Å². The van der Waals surface area contributed by atoms with Crippen molar-refractivity contribution in [1.82, 2.24) is 4.90 Å². The first-order chi connectivity index (χ1) is 9.31. The predicted molar refractivity (Wildman–Crippen MR) is 83.7 cm³/mol. The van der Waals surface area contributed by atoms with Gasteiger partial charge in [-0.25, -0.2) is 4.79 Å². The van der Waals surface area contributed by atoms with E-state index in [2.05, 4.69) is 23.6 Å². The summed E-state index contributed by atoms with van der Waals surface area (Å²) in [4.78, 5) is 15.8. The molecule has 0 bridgehead atoms. The zero-order valence-electron chi connectivity index (χ0n) is 13.2. The van der Waals surface area contributed by atoms with Gasteiger partial charge >= 0.3 is 5.97 Å². The number of aromatic carboxylic acids is 1. The number of carboxylic acids is 1. The van der Waals surface area contributed by atoms with Crippen LogP contribution >= 0.6 is 0 Å². The highest BCUT2D eigenvalue weighted by atomic mass is 16.4. The molecule has 0 amide bonds. The summed E-state index contributed by atoms with van der Waals surface area (Å²) in [5.41, 5.74) is 2.19. The molecule has 0 heterocycles. The van der Waals surface area contributed by atoms with E-state index in [9.17, 15) is 9.90 Å². The molecule has 0 spiro atoms. The van der Waals surface area contributed by atoms with Crippen LogP contribution in [0.2, 0.25) is 0 Å². The Morgan fingerprint density at radius 2 is 1.90 bits per heavy atom. The van der Waals surface area contributed by atoms with E-state index in [0.717, 1.165) is 30.9 Å². The number of nitrogens with zero attached hydrogens (tertiary/aromatic N) is 2. The second-order valence-corrected chi connectivity index (χ2v) is 5.97. The van der Waals surface area contributed by atoms with Crippen LogP contribution in [-0.2, 0) is 0 Å². The first-order valence-corrected chi connectivity index (χ1v) is 7.05. The lowest BCUT2D eigenvalue weighted by atomic mass is 10.1. The number of rotatable bonds is 7. The number of carbonyl (C=O) groups is 1. The van der Waals surface area contributed by atoms with Gasteiger partial charge in [0.05, 0.1) is 11.3 Å². The lowest BCUT2D eigenvalue weighted by Gasteiger charge is -2.29. The highest BCUT2D eigenvalue weighted by molar-refractivity contribution is 5.94. The average molecular weight is 278 g/mol. The number of aryl methyl sites for hydroxylation is 1. The molecule has 0 aromatic heterocycles. The van der Waals surface area contributed by atoms with E-state index in [-0.39, 0.29) is 0 Å². The maximum atomic E-state index is 11.5. The summed E-state index contributed by atoms with van der Waals surface area (Å²) in [5.74, 6) is -0.373. The molecule has 1 N–H and O–H groups in total. The van der Waals surface area contributed by atoms with E-state index in [1.165, 1.54) is 0 Å². The van der Waals surface area contributed by atoms with Crippen molar-refractivity contribution in [3.8, 4) is 0 Å². The smallest absolute Gasteiger partial charge is 0.337 e. The first kappa shape index (κ1) is 16.5. The fourth-order valence-corrected chi connectivity index (χ4v) is 2.17. The van der Waals surface area contributed by atoms with Crippen LogP contribution in [0.1, 0.15) is 29.8 Å². The number of benzene rings is 1. The maximum Gasteiger partial charge on any atom is 0.337 e. The number of anilines is 1. The Labute approximate surface area is 122 Å². The summed E-state index contributed by atoms with van der Waals surface area (Å²) in [6.07, 6.45) is 0. The lowest BCUT2D eigenvalue weighted by Crippen LogP contribution is -2.35. The molecule has 0 fully saturated rings. The summed E-state index contributed by atoms with van der Waals surface area (Å²) in [6.45, 7) is 8.81. The van der Waals surface area contributed by atoms with Gasteiger partial charge in [0.1, 0.15) is 0 Å². The van der Waals surface area contributed by atoms with E-state index in [1.54, 1.807) is 6.07 Å². The fourth-order valence-electron chi connectivity index (χ4n) is 2.17. The van der Waals surface area contributed by atoms with Crippen molar-refractivity contribution < 1.29 is 9.90 Å².